The number of piperazine rings is 1. The van der Waals surface area contributed by atoms with E-state index in [4.69, 9.17) is 4.98 Å². The summed E-state index contributed by atoms with van der Waals surface area (Å²) in [5.74, 6) is 0.539. The molecular formula is C40H40N6O2S. The molecule has 0 bridgehead atoms. The van der Waals surface area contributed by atoms with Gasteiger partial charge in [0.15, 0.2) is 5.65 Å². The molecule has 2 aromatic heterocycles. The highest BCUT2D eigenvalue weighted by Gasteiger charge is 2.34. The number of aryl methyl sites for hydroxylation is 1. The van der Waals surface area contributed by atoms with Crippen LogP contribution in [0.15, 0.2) is 114 Å². The van der Waals surface area contributed by atoms with Gasteiger partial charge in [0.05, 0.1) is 11.4 Å². The summed E-state index contributed by atoms with van der Waals surface area (Å²) in [5.41, 5.74) is 7.14. The number of hydrogen-bond donors (Lipinski definition) is 0. The number of rotatable bonds is 10. The van der Waals surface area contributed by atoms with Gasteiger partial charge in [-0.05, 0) is 48.6 Å². The van der Waals surface area contributed by atoms with Crippen LogP contribution in [0.25, 0.3) is 22.1 Å². The van der Waals surface area contributed by atoms with Crippen LogP contribution in [-0.2, 0) is 16.1 Å². The van der Waals surface area contributed by atoms with Gasteiger partial charge in [-0.25, -0.2) is 4.98 Å². The summed E-state index contributed by atoms with van der Waals surface area (Å²) in [6.45, 7) is 6.46. The normalized spacial score (nSPS) is 15.0. The molecule has 0 N–H and O–H groups in total. The minimum atomic E-state index is -0.372. The molecular weight excluding hydrogens is 629 g/mol. The lowest BCUT2D eigenvalue weighted by Crippen LogP contribution is -2.56. The lowest BCUT2D eigenvalue weighted by Gasteiger charge is -2.41. The van der Waals surface area contributed by atoms with Crippen molar-refractivity contribution in [3.8, 4) is 0 Å². The molecule has 8 nitrogen and oxygen atoms in total. The first-order valence-electron chi connectivity index (χ1n) is 16.9. The van der Waals surface area contributed by atoms with Crippen molar-refractivity contribution < 1.29 is 9.59 Å². The molecule has 1 atom stereocenters. The van der Waals surface area contributed by atoms with Crippen molar-refractivity contribution in [2.45, 2.75) is 50.4 Å². The van der Waals surface area contributed by atoms with E-state index in [9.17, 15) is 9.59 Å². The Balaban J connectivity index is 0.967. The number of nitrogens with zero attached hydrogens (tertiary/aromatic N) is 6. The third-order valence-corrected chi connectivity index (χ3v) is 10.4. The summed E-state index contributed by atoms with van der Waals surface area (Å²) in [4.78, 5) is 36.1. The average molecular weight is 669 g/mol. The van der Waals surface area contributed by atoms with E-state index >= 15 is 0 Å². The molecule has 248 valence electrons. The summed E-state index contributed by atoms with van der Waals surface area (Å²) in [7, 11) is 0. The fourth-order valence-electron chi connectivity index (χ4n) is 6.86. The van der Waals surface area contributed by atoms with Crippen LogP contribution < -0.4 is 0 Å². The van der Waals surface area contributed by atoms with Crippen LogP contribution in [0.4, 0.5) is 0 Å². The molecule has 3 heterocycles. The van der Waals surface area contributed by atoms with Crippen LogP contribution in [0.1, 0.15) is 47.9 Å². The predicted octanol–water partition coefficient (Wildman–Crippen LogP) is 7.10. The largest absolute Gasteiger partial charge is 0.339 e. The van der Waals surface area contributed by atoms with Gasteiger partial charge in [-0.2, -0.15) is 0 Å². The van der Waals surface area contributed by atoms with Gasteiger partial charge in [-0.1, -0.05) is 115 Å². The number of carbonyl (C=O) groups excluding carboxylic acids is 2. The van der Waals surface area contributed by atoms with Crippen LogP contribution >= 0.6 is 11.8 Å². The van der Waals surface area contributed by atoms with E-state index in [1.807, 2.05) is 89.5 Å². The lowest BCUT2D eigenvalue weighted by molar-refractivity contribution is -0.142. The highest BCUT2D eigenvalue weighted by Crippen LogP contribution is 2.30. The summed E-state index contributed by atoms with van der Waals surface area (Å²) in [6, 6.07) is 36.5. The number of carbonyl (C=O) groups is 2. The number of hydrogen-bond acceptors (Lipinski definition) is 6. The van der Waals surface area contributed by atoms with Gasteiger partial charge in [0.1, 0.15) is 5.52 Å². The SMILES string of the molecule is Cc1ccccc1Cn1c2ccccc2c2nnc(SCCCC(=O)N3CCN(C(=O)C(c4ccccc4)c4ccccc4)C(C)C3)nc21. The Kier molecular flexibility index (Phi) is 9.70. The van der Waals surface area contributed by atoms with Gasteiger partial charge < -0.3 is 14.4 Å². The number of benzene rings is 4. The van der Waals surface area contributed by atoms with Gasteiger partial charge in [0.25, 0.3) is 0 Å². The van der Waals surface area contributed by atoms with Crippen LogP contribution in [-0.4, -0.2) is 72.8 Å². The third kappa shape index (κ3) is 6.94. The summed E-state index contributed by atoms with van der Waals surface area (Å²) in [5, 5.41) is 10.7. The molecule has 49 heavy (non-hydrogen) atoms. The van der Waals surface area contributed by atoms with Crippen molar-refractivity contribution in [3.63, 3.8) is 0 Å². The van der Waals surface area contributed by atoms with Crippen molar-refractivity contribution in [2.24, 2.45) is 0 Å². The van der Waals surface area contributed by atoms with Gasteiger partial charge in [-0.3, -0.25) is 9.59 Å². The van der Waals surface area contributed by atoms with Crippen LogP contribution in [0.3, 0.4) is 0 Å². The monoisotopic (exact) mass is 668 g/mol. The molecule has 0 radical (unpaired) electrons. The second-order valence-corrected chi connectivity index (χ2v) is 13.8. The van der Waals surface area contributed by atoms with E-state index in [-0.39, 0.29) is 23.8 Å². The summed E-state index contributed by atoms with van der Waals surface area (Å²) < 4.78 is 2.22. The Labute approximate surface area is 291 Å². The summed E-state index contributed by atoms with van der Waals surface area (Å²) in [6.07, 6.45) is 1.14. The van der Waals surface area contributed by atoms with Crippen molar-refractivity contribution in [1.82, 2.24) is 29.5 Å². The zero-order valence-electron chi connectivity index (χ0n) is 27.9. The van der Waals surface area contributed by atoms with E-state index < -0.39 is 0 Å². The van der Waals surface area contributed by atoms with E-state index in [1.54, 1.807) is 0 Å². The zero-order chi connectivity index (χ0) is 33.7. The van der Waals surface area contributed by atoms with E-state index in [0.29, 0.717) is 49.9 Å². The van der Waals surface area contributed by atoms with Gasteiger partial charge in [0.2, 0.25) is 17.0 Å². The van der Waals surface area contributed by atoms with E-state index in [0.717, 1.165) is 33.2 Å². The molecule has 6 aromatic rings. The Morgan fingerprint density at radius 1 is 0.837 bits per heavy atom. The van der Waals surface area contributed by atoms with Crippen LogP contribution in [0.2, 0.25) is 0 Å². The maximum Gasteiger partial charge on any atom is 0.234 e. The molecule has 0 aliphatic carbocycles. The highest BCUT2D eigenvalue weighted by molar-refractivity contribution is 7.99. The predicted molar refractivity (Wildman–Crippen MR) is 196 cm³/mol. The van der Waals surface area contributed by atoms with Crippen LogP contribution in [0.5, 0.6) is 0 Å². The van der Waals surface area contributed by atoms with Crippen molar-refractivity contribution in [2.75, 3.05) is 25.4 Å². The first kappa shape index (κ1) is 32.5. The van der Waals surface area contributed by atoms with Gasteiger partial charge in [-0.15, -0.1) is 10.2 Å². The van der Waals surface area contributed by atoms with Gasteiger partial charge >= 0.3 is 0 Å². The Morgan fingerprint density at radius 3 is 2.22 bits per heavy atom. The molecule has 4 aromatic carbocycles. The maximum absolute atomic E-state index is 14.0. The van der Waals surface area contributed by atoms with E-state index in [2.05, 4.69) is 58.1 Å². The third-order valence-electron chi connectivity index (χ3n) is 9.49. The molecule has 2 amide bonds. The molecule has 1 aliphatic rings. The molecule has 1 aliphatic heterocycles. The highest BCUT2D eigenvalue weighted by atomic mass is 32.2. The lowest BCUT2D eigenvalue weighted by atomic mass is 9.89. The molecule has 0 saturated carbocycles. The fraction of sp³-hybridized carbons (Fsp3) is 0.275. The number of amides is 2. The minimum absolute atomic E-state index is 0.0767. The number of para-hydroxylation sites is 1. The fourth-order valence-corrected chi connectivity index (χ4v) is 7.58. The van der Waals surface area contributed by atoms with Crippen molar-refractivity contribution >= 4 is 45.6 Å². The second kappa shape index (κ2) is 14.6. The quantitative estimate of drug-likeness (QED) is 0.114. The van der Waals surface area contributed by atoms with Gasteiger partial charge in [0, 0.05) is 49.8 Å². The molecule has 7 rings (SSSR count). The van der Waals surface area contributed by atoms with E-state index in [1.165, 1.54) is 22.9 Å². The first-order valence-corrected chi connectivity index (χ1v) is 17.9. The molecule has 9 heteroatoms. The number of fused-ring (bicyclic) bond motifs is 3. The van der Waals surface area contributed by atoms with Crippen LogP contribution in [0, 0.1) is 6.92 Å². The molecule has 1 saturated heterocycles. The average Bonchev–Trinajstić information content (AvgIpc) is 3.44. The first-order chi connectivity index (χ1) is 24.0. The number of aromatic nitrogens is 4. The smallest absolute Gasteiger partial charge is 0.234 e. The van der Waals surface area contributed by atoms with Crippen molar-refractivity contribution in [3.05, 3.63) is 131 Å². The minimum Gasteiger partial charge on any atom is -0.339 e. The Bertz CT molecular complexity index is 2040. The topological polar surface area (TPSA) is 84.2 Å². The Morgan fingerprint density at radius 2 is 1.51 bits per heavy atom. The zero-order valence-corrected chi connectivity index (χ0v) is 28.7. The number of thioether (sulfide) groups is 1. The second-order valence-electron chi connectivity index (χ2n) is 12.7. The Hall–Kier alpha value is -5.02. The van der Waals surface area contributed by atoms with Crippen molar-refractivity contribution in [1.29, 1.82) is 0 Å². The molecule has 0 spiro atoms. The molecule has 1 fully saturated rings. The molecule has 1 unspecified atom stereocenters. The standard InChI is InChI=1S/C40H40N6O2S/c1-28-14-9-10-19-32(28)27-46-34-21-12-11-20-33(34)37-38(46)41-40(43-42-37)49-25-13-22-35(47)44-23-24-45(29(2)26-44)39(48)36(30-15-5-3-6-16-30)31-17-7-4-8-18-31/h3-12,14-21,29,36H,13,22-27H2,1-2H3. The maximum atomic E-state index is 14.0. The summed E-state index contributed by atoms with van der Waals surface area (Å²) >= 11 is 1.53.